The number of benzene rings is 1. The van der Waals surface area contributed by atoms with Crippen LogP contribution in [0.5, 0.6) is 0 Å². The quantitative estimate of drug-likeness (QED) is 0.649. The Balaban J connectivity index is 2.25. The Morgan fingerprint density at radius 1 is 1.25 bits per heavy atom. The van der Waals surface area contributed by atoms with Gasteiger partial charge < -0.3 is 15.0 Å². The van der Waals surface area contributed by atoms with Crippen molar-refractivity contribution in [1.29, 1.82) is 0 Å². The van der Waals surface area contributed by atoms with Gasteiger partial charge in [-0.2, -0.15) is 0 Å². The fraction of sp³-hybridized carbons (Fsp3) is 0.333. The van der Waals surface area contributed by atoms with Crippen molar-refractivity contribution in [2.45, 2.75) is 33.7 Å². The van der Waals surface area contributed by atoms with E-state index in [2.05, 4.69) is 10.3 Å². The molecule has 0 aliphatic heterocycles. The van der Waals surface area contributed by atoms with Crippen molar-refractivity contribution >= 4 is 17.4 Å². The number of ether oxygens (including phenoxy) is 1. The number of aryl methyl sites for hydroxylation is 2. The zero-order chi connectivity index (χ0) is 18.0. The van der Waals surface area contributed by atoms with E-state index in [1.54, 1.807) is 39.8 Å². The van der Waals surface area contributed by atoms with Gasteiger partial charge in [0.25, 0.3) is 0 Å². The van der Waals surface area contributed by atoms with E-state index in [4.69, 9.17) is 4.74 Å². The molecular weight excluding hydrogens is 311 g/mol. The number of hydrogen-bond donors (Lipinski definition) is 2. The van der Waals surface area contributed by atoms with E-state index in [1.165, 1.54) is 13.2 Å². The second-order valence-corrected chi connectivity index (χ2v) is 5.81. The molecule has 0 bridgehead atoms. The van der Waals surface area contributed by atoms with E-state index in [0.29, 0.717) is 33.8 Å². The topological polar surface area (TPSA) is 71.2 Å². The van der Waals surface area contributed by atoms with Crippen LogP contribution in [-0.4, -0.2) is 29.9 Å². The number of ketones is 1. The number of rotatable bonds is 5. The lowest BCUT2D eigenvalue weighted by atomic mass is 10.0. The third kappa shape index (κ3) is 3.32. The summed E-state index contributed by atoms with van der Waals surface area (Å²) < 4.78 is 18.4. The summed E-state index contributed by atoms with van der Waals surface area (Å²) in [6.45, 7) is 6.77. The van der Waals surface area contributed by atoms with Crippen LogP contribution < -0.4 is 5.32 Å². The van der Waals surface area contributed by atoms with Crippen molar-refractivity contribution in [3.05, 3.63) is 52.1 Å². The van der Waals surface area contributed by atoms with Crippen LogP contribution in [0, 0.1) is 26.6 Å². The number of anilines is 1. The Morgan fingerprint density at radius 3 is 2.50 bits per heavy atom. The first kappa shape index (κ1) is 17.7. The molecule has 0 spiro atoms. The predicted molar refractivity (Wildman–Crippen MR) is 90.2 cm³/mol. The highest BCUT2D eigenvalue weighted by atomic mass is 19.1. The molecule has 0 unspecified atom stereocenters. The number of carbonyl (C=O) groups excluding carboxylic acids is 2. The first-order valence-corrected chi connectivity index (χ1v) is 7.60. The number of esters is 1. The van der Waals surface area contributed by atoms with Crippen LogP contribution in [0.2, 0.25) is 0 Å². The van der Waals surface area contributed by atoms with Crippen molar-refractivity contribution in [2.24, 2.45) is 0 Å². The predicted octanol–water partition coefficient (Wildman–Crippen LogP) is 3.55. The average Bonchev–Trinajstić information content (AvgIpc) is 2.84. The smallest absolute Gasteiger partial charge is 0.339 e. The van der Waals surface area contributed by atoms with E-state index in [1.807, 2.05) is 0 Å². The number of H-pyrrole nitrogens is 1. The van der Waals surface area contributed by atoms with Crippen molar-refractivity contribution < 1.29 is 18.7 Å². The Hall–Kier alpha value is -2.63. The van der Waals surface area contributed by atoms with E-state index in [0.717, 1.165) is 0 Å². The minimum absolute atomic E-state index is 0.216. The summed E-state index contributed by atoms with van der Waals surface area (Å²) in [6, 6.07) is 4.13. The molecule has 1 aromatic heterocycles. The molecule has 0 fully saturated rings. The van der Waals surface area contributed by atoms with Gasteiger partial charge in [-0.25, -0.2) is 9.18 Å². The number of carbonyl (C=O) groups is 2. The third-order valence-electron chi connectivity index (χ3n) is 4.02. The highest BCUT2D eigenvalue weighted by molar-refractivity contribution is 6.04. The summed E-state index contributed by atoms with van der Waals surface area (Å²) in [6.07, 6.45) is 0. The third-order valence-corrected chi connectivity index (χ3v) is 4.02. The number of halogens is 1. The summed E-state index contributed by atoms with van der Waals surface area (Å²) in [5.41, 5.74) is 2.91. The van der Waals surface area contributed by atoms with Crippen molar-refractivity contribution in [3.63, 3.8) is 0 Å². The second kappa shape index (κ2) is 6.86. The maximum Gasteiger partial charge on any atom is 0.339 e. The molecule has 1 atom stereocenters. The molecule has 0 amide bonds. The van der Waals surface area contributed by atoms with Gasteiger partial charge in [0.2, 0.25) is 5.78 Å². The van der Waals surface area contributed by atoms with Crippen LogP contribution >= 0.6 is 0 Å². The standard InChI is InChI=1S/C18H21FN2O3/c1-9-6-7-13(8-14(9)19)20-12(4)17(22)16-10(2)15(11(3)21-16)18(23)24-5/h6-8,12,20-21H,1-5H3/t12-/m1/s1. The maximum atomic E-state index is 13.6. The average molecular weight is 332 g/mol. The molecular formula is C18H21FN2O3. The molecule has 6 heteroatoms. The zero-order valence-electron chi connectivity index (χ0n) is 14.4. The Kier molecular flexibility index (Phi) is 5.07. The molecule has 24 heavy (non-hydrogen) atoms. The van der Waals surface area contributed by atoms with Gasteiger partial charge in [-0.05, 0) is 51.0 Å². The molecule has 0 aliphatic carbocycles. The van der Waals surface area contributed by atoms with Crippen LogP contribution in [0.25, 0.3) is 0 Å². The van der Waals surface area contributed by atoms with E-state index < -0.39 is 12.0 Å². The summed E-state index contributed by atoms with van der Waals surface area (Å²) in [7, 11) is 1.30. The van der Waals surface area contributed by atoms with E-state index >= 15 is 0 Å². The Labute approximate surface area is 140 Å². The summed E-state index contributed by atoms with van der Waals surface area (Å²) in [5, 5.41) is 2.98. The first-order valence-electron chi connectivity index (χ1n) is 7.60. The molecule has 1 heterocycles. The Morgan fingerprint density at radius 2 is 1.92 bits per heavy atom. The SMILES string of the molecule is COC(=O)c1c(C)[nH]c(C(=O)[C@@H](C)Nc2ccc(C)c(F)c2)c1C. The number of aromatic nitrogens is 1. The molecule has 0 radical (unpaired) electrons. The van der Waals surface area contributed by atoms with E-state index in [9.17, 15) is 14.0 Å². The van der Waals surface area contributed by atoms with Crippen molar-refractivity contribution in [2.75, 3.05) is 12.4 Å². The number of methoxy groups -OCH3 is 1. The van der Waals surface area contributed by atoms with Crippen LogP contribution in [0.1, 0.15) is 44.6 Å². The van der Waals surface area contributed by atoms with Gasteiger partial charge >= 0.3 is 5.97 Å². The number of Topliss-reactive ketones (excluding diaryl/α,β-unsaturated/α-hetero) is 1. The monoisotopic (exact) mass is 332 g/mol. The Bertz CT molecular complexity index is 796. The highest BCUT2D eigenvalue weighted by Gasteiger charge is 2.25. The van der Waals surface area contributed by atoms with Gasteiger partial charge in [-0.15, -0.1) is 0 Å². The lowest BCUT2D eigenvalue weighted by Crippen LogP contribution is -2.27. The molecule has 1 aromatic carbocycles. The molecule has 2 aromatic rings. The molecule has 0 saturated carbocycles. The van der Waals surface area contributed by atoms with Gasteiger partial charge in [0.05, 0.1) is 24.4 Å². The number of aromatic amines is 1. The minimum atomic E-state index is -0.589. The van der Waals surface area contributed by atoms with E-state index in [-0.39, 0.29) is 11.6 Å². The summed E-state index contributed by atoms with van der Waals surface area (Å²) in [5.74, 6) is -1.03. The fourth-order valence-corrected chi connectivity index (χ4v) is 2.62. The van der Waals surface area contributed by atoms with Crippen LogP contribution in [-0.2, 0) is 4.74 Å². The number of nitrogens with one attached hydrogen (secondary N) is 2. The normalized spacial score (nSPS) is 11.9. The molecule has 5 nitrogen and oxygen atoms in total. The lowest BCUT2D eigenvalue weighted by Gasteiger charge is -2.14. The summed E-state index contributed by atoms with van der Waals surface area (Å²) in [4.78, 5) is 27.4. The maximum absolute atomic E-state index is 13.6. The summed E-state index contributed by atoms with van der Waals surface area (Å²) >= 11 is 0. The minimum Gasteiger partial charge on any atom is -0.465 e. The first-order chi connectivity index (χ1) is 11.3. The lowest BCUT2D eigenvalue weighted by molar-refractivity contribution is 0.0599. The fourth-order valence-electron chi connectivity index (χ4n) is 2.62. The van der Waals surface area contributed by atoms with Gasteiger partial charge in [0.15, 0.2) is 0 Å². The van der Waals surface area contributed by atoms with Gasteiger partial charge in [0.1, 0.15) is 5.82 Å². The largest absolute Gasteiger partial charge is 0.465 e. The molecule has 2 N–H and O–H groups in total. The van der Waals surface area contributed by atoms with Gasteiger partial charge in [0, 0.05) is 11.4 Å². The zero-order valence-corrected chi connectivity index (χ0v) is 14.4. The van der Waals surface area contributed by atoms with Crippen molar-refractivity contribution in [1.82, 2.24) is 4.98 Å². The molecule has 128 valence electrons. The van der Waals surface area contributed by atoms with Crippen LogP contribution in [0.4, 0.5) is 10.1 Å². The molecule has 0 saturated heterocycles. The van der Waals surface area contributed by atoms with Crippen LogP contribution in [0.3, 0.4) is 0 Å². The number of hydrogen-bond acceptors (Lipinski definition) is 4. The second-order valence-electron chi connectivity index (χ2n) is 5.81. The molecule has 2 rings (SSSR count). The highest BCUT2D eigenvalue weighted by Crippen LogP contribution is 2.21. The van der Waals surface area contributed by atoms with Crippen LogP contribution in [0.15, 0.2) is 18.2 Å². The molecule has 0 aliphatic rings. The van der Waals surface area contributed by atoms with Gasteiger partial charge in [-0.1, -0.05) is 6.07 Å². The van der Waals surface area contributed by atoms with Gasteiger partial charge in [-0.3, -0.25) is 4.79 Å². The van der Waals surface area contributed by atoms with Crippen molar-refractivity contribution in [3.8, 4) is 0 Å².